The number of aryl methyl sites for hydroxylation is 1. The van der Waals surface area contributed by atoms with Crippen LogP contribution in [0.4, 0.5) is 9.93 Å². The molecule has 1 aliphatic rings. The molecule has 1 fully saturated rings. The van der Waals surface area contributed by atoms with Gasteiger partial charge in [0.1, 0.15) is 5.60 Å². The minimum absolute atomic E-state index is 0.278. The molecular formula is C18H23N3O4S. The number of carboxylic acids is 1. The standard InChI is InChI=1S/C18H23N3O4S/c1-11-9-12(15(22)23)10-13-14(11)19-16(26-13)20-5-7-21(8-6-20)17(24)25-18(2,3)4/h9-10H,5-8H2,1-4H3,(H,22,23). The van der Waals surface area contributed by atoms with Crippen molar-refractivity contribution in [3.05, 3.63) is 23.3 Å². The quantitative estimate of drug-likeness (QED) is 0.864. The van der Waals surface area contributed by atoms with Gasteiger partial charge in [-0.25, -0.2) is 14.6 Å². The average Bonchev–Trinajstić information content (AvgIpc) is 2.98. The smallest absolute Gasteiger partial charge is 0.410 e. The summed E-state index contributed by atoms with van der Waals surface area (Å²) in [5.41, 5.74) is 1.47. The predicted molar refractivity (Wildman–Crippen MR) is 101 cm³/mol. The Morgan fingerprint density at radius 3 is 2.42 bits per heavy atom. The van der Waals surface area contributed by atoms with Crippen molar-refractivity contribution in [3.63, 3.8) is 0 Å². The Kier molecular flexibility index (Phi) is 4.79. The fourth-order valence-electron chi connectivity index (χ4n) is 2.85. The number of carboxylic acid groups (broad SMARTS) is 1. The third-order valence-corrected chi connectivity index (χ3v) is 5.19. The van der Waals surface area contributed by atoms with Gasteiger partial charge in [-0.2, -0.15) is 0 Å². The third-order valence-electron chi connectivity index (χ3n) is 4.12. The monoisotopic (exact) mass is 377 g/mol. The lowest BCUT2D eigenvalue weighted by Crippen LogP contribution is -2.50. The van der Waals surface area contributed by atoms with Crippen molar-refractivity contribution in [1.29, 1.82) is 0 Å². The zero-order chi connectivity index (χ0) is 19.1. The number of fused-ring (bicyclic) bond motifs is 1. The number of hydrogen-bond donors (Lipinski definition) is 1. The SMILES string of the molecule is Cc1cc(C(=O)O)cc2sc(N3CCN(C(=O)OC(C)(C)C)CC3)nc12. The highest BCUT2D eigenvalue weighted by Crippen LogP contribution is 2.32. The summed E-state index contributed by atoms with van der Waals surface area (Å²) in [6.07, 6.45) is -0.289. The van der Waals surface area contributed by atoms with E-state index in [0.29, 0.717) is 26.2 Å². The van der Waals surface area contributed by atoms with Crippen LogP contribution in [-0.4, -0.2) is 58.8 Å². The summed E-state index contributed by atoms with van der Waals surface area (Å²) < 4.78 is 6.28. The second-order valence-corrected chi connectivity index (χ2v) is 8.41. The van der Waals surface area contributed by atoms with Crippen molar-refractivity contribution in [1.82, 2.24) is 9.88 Å². The molecule has 1 aromatic carbocycles. The van der Waals surface area contributed by atoms with E-state index in [1.165, 1.54) is 11.3 Å². The van der Waals surface area contributed by atoms with E-state index in [0.717, 1.165) is 20.9 Å². The number of amides is 1. The Morgan fingerprint density at radius 1 is 1.19 bits per heavy atom. The van der Waals surface area contributed by atoms with Gasteiger partial charge in [-0.3, -0.25) is 0 Å². The first kappa shape index (κ1) is 18.4. The Hall–Kier alpha value is -2.35. The van der Waals surface area contributed by atoms with Crippen molar-refractivity contribution < 1.29 is 19.4 Å². The number of anilines is 1. The van der Waals surface area contributed by atoms with E-state index in [1.807, 2.05) is 27.7 Å². The highest BCUT2D eigenvalue weighted by molar-refractivity contribution is 7.22. The van der Waals surface area contributed by atoms with E-state index in [2.05, 4.69) is 9.88 Å². The Balaban J connectivity index is 1.72. The van der Waals surface area contributed by atoms with Crippen LogP contribution >= 0.6 is 11.3 Å². The summed E-state index contributed by atoms with van der Waals surface area (Å²) in [6, 6.07) is 3.32. The molecule has 0 unspecified atom stereocenters. The second kappa shape index (κ2) is 6.75. The van der Waals surface area contributed by atoms with Gasteiger partial charge < -0.3 is 19.6 Å². The van der Waals surface area contributed by atoms with E-state index in [-0.39, 0.29) is 11.7 Å². The first-order valence-electron chi connectivity index (χ1n) is 8.51. The molecule has 3 rings (SSSR count). The van der Waals surface area contributed by atoms with Crippen LogP contribution in [0, 0.1) is 6.92 Å². The number of aromatic carboxylic acids is 1. The zero-order valence-electron chi connectivity index (χ0n) is 15.4. The second-order valence-electron chi connectivity index (χ2n) is 7.40. The van der Waals surface area contributed by atoms with Crippen molar-refractivity contribution in [2.75, 3.05) is 31.1 Å². The highest BCUT2D eigenvalue weighted by Gasteiger charge is 2.27. The van der Waals surface area contributed by atoms with Gasteiger partial charge >= 0.3 is 12.1 Å². The van der Waals surface area contributed by atoms with Gasteiger partial charge in [-0.1, -0.05) is 11.3 Å². The van der Waals surface area contributed by atoms with Crippen LogP contribution in [0.2, 0.25) is 0 Å². The number of ether oxygens (including phenoxy) is 1. The predicted octanol–water partition coefficient (Wildman–Crippen LogP) is 3.36. The van der Waals surface area contributed by atoms with E-state index < -0.39 is 11.6 Å². The topological polar surface area (TPSA) is 83.0 Å². The first-order valence-corrected chi connectivity index (χ1v) is 9.33. The average molecular weight is 377 g/mol. The molecule has 0 aliphatic carbocycles. The number of aromatic nitrogens is 1. The van der Waals surface area contributed by atoms with Crippen LogP contribution in [0.1, 0.15) is 36.7 Å². The molecule has 0 saturated carbocycles. The summed E-state index contributed by atoms with van der Waals surface area (Å²) in [6.45, 7) is 9.93. The van der Waals surface area contributed by atoms with Crippen LogP contribution in [0.15, 0.2) is 12.1 Å². The molecule has 8 heteroatoms. The summed E-state index contributed by atoms with van der Waals surface area (Å²) >= 11 is 1.49. The molecule has 1 N–H and O–H groups in total. The summed E-state index contributed by atoms with van der Waals surface area (Å²) in [5.74, 6) is -0.934. The highest BCUT2D eigenvalue weighted by atomic mass is 32.1. The lowest BCUT2D eigenvalue weighted by molar-refractivity contribution is 0.0240. The maximum atomic E-state index is 12.2. The minimum atomic E-state index is -0.934. The molecule has 2 aromatic rings. The molecule has 1 aromatic heterocycles. The molecule has 1 amide bonds. The molecule has 0 spiro atoms. The molecule has 0 atom stereocenters. The van der Waals surface area contributed by atoms with Crippen molar-refractivity contribution in [3.8, 4) is 0 Å². The summed E-state index contributed by atoms with van der Waals surface area (Å²) in [7, 11) is 0. The lowest BCUT2D eigenvalue weighted by Gasteiger charge is -2.35. The summed E-state index contributed by atoms with van der Waals surface area (Å²) in [4.78, 5) is 31.9. The number of rotatable bonds is 2. The van der Waals surface area contributed by atoms with Crippen molar-refractivity contribution in [2.24, 2.45) is 0 Å². The van der Waals surface area contributed by atoms with Gasteiger partial charge in [0.2, 0.25) is 0 Å². The molecular weight excluding hydrogens is 354 g/mol. The Bertz CT molecular complexity index is 848. The van der Waals surface area contributed by atoms with Crippen molar-refractivity contribution in [2.45, 2.75) is 33.3 Å². The molecule has 0 bridgehead atoms. The number of piperazine rings is 1. The van der Waals surface area contributed by atoms with Crippen LogP contribution < -0.4 is 4.90 Å². The molecule has 7 nitrogen and oxygen atoms in total. The molecule has 140 valence electrons. The largest absolute Gasteiger partial charge is 0.478 e. The fraction of sp³-hybridized carbons (Fsp3) is 0.500. The normalized spacial score (nSPS) is 15.4. The number of thiazole rings is 1. The molecule has 1 aliphatic heterocycles. The van der Waals surface area contributed by atoms with E-state index >= 15 is 0 Å². The molecule has 0 radical (unpaired) electrons. The molecule has 1 saturated heterocycles. The molecule has 2 heterocycles. The lowest BCUT2D eigenvalue weighted by atomic mass is 10.1. The third kappa shape index (κ3) is 3.90. The zero-order valence-corrected chi connectivity index (χ0v) is 16.2. The number of carbonyl (C=O) groups is 2. The van der Waals surface area contributed by atoms with Gasteiger partial charge in [-0.15, -0.1) is 0 Å². The number of benzene rings is 1. The van der Waals surface area contributed by atoms with Crippen LogP contribution in [0.3, 0.4) is 0 Å². The van der Waals surface area contributed by atoms with Gasteiger partial charge in [0.05, 0.1) is 15.8 Å². The summed E-state index contributed by atoms with van der Waals surface area (Å²) in [5, 5.41) is 10.1. The Labute approximate surface area is 156 Å². The van der Waals surface area contributed by atoms with E-state index in [1.54, 1.807) is 17.0 Å². The number of hydrogen-bond acceptors (Lipinski definition) is 6. The van der Waals surface area contributed by atoms with E-state index in [4.69, 9.17) is 4.74 Å². The fourth-order valence-corrected chi connectivity index (χ4v) is 3.99. The first-order chi connectivity index (χ1) is 12.1. The van der Waals surface area contributed by atoms with Gasteiger partial charge in [0.15, 0.2) is 5.13 Å². The van der Waals surface area contributed by atoms with E-state index in [9.17, 15) is 14.7 Å². The maximum absolute atomic E-state index is 12.2. The van der Waals surface area contributed by atoms with Crippen LogP contribution in [-0.2, 0) is 4.74 Å². The number of carbonyl (C=O) groups excluding carboxylic acids is 1. The van der Waals surface area contributed by atoms with Crippen LogP contribution in [0.25, 0.3) is 10.2 Å². The number of nitrogens with zero attached hydrogens (tertiary/aromatic N) is 3. The minimum Gasteiger partial charge on any atom is -0.478 e. The van der Waals surface area contributed by atoms with Crippen LogP contribution in [0.5, 0.6) is 0 Å². The van der Waals surface area contributed by atoms with Gasteiger partial charge in [0.25, 0.3) is 0 Å². The molecule has 26 heavy (non-hydrogen) atoms. The van der Waals surface area contributed by atoms with Gasteiger partial charge in [-0.05, 0) is 45.4 Å². The van der Waals surface area contributed by atoms with Gasteiger partial charge in [0, 0.05) is 26.2 Å². The van der Waals surface area contributed by atoms with Crippen molar-refractivity contribution >= 4 is 38.7 Å². The maximum Gasteiger partial charge on any atom is 0.410 e. The Morgan fingerprint density at radius 2 is 1.85 bits per heavy atom.